The van der Waals surface area contributed by atoms with Crippen LogP contribution in [0.3, 0.4) is 0 Å². The number of nitrogens with two attached hydrogens (primary N) is 1. The molecule has 2 aromatic rings. The minimum atomic E-state index is -0.408. The zero-order chi connectivity index (χ0) is 16.4. The van der Waals surface area contributed by atoms with Gasteiger partial charge in [0.1, 0.15) is 6.29 Å². The topological polar surface area (TPSA) is 127 Å². The second-order valence-corrected chi connectivity index (χ2v) is 5.89. The number of anilines is 1. The van der Waals surface area contributed by atoms with Gasteiger partial charge in [-0.1, -0.05) is 6.92 Å². The van der Waals surface area contributed by atoms with E-state index in [2.05, 4.69) is 31.9 Å². The van der Waals surface area contributed by atoms with Crippen LogP contribution in [0.1, 0.15) is 31.9 Å². The lowest BCUT2D eigenvalue weighted by molar-refractivity contribution is -0.112. The summed E-state index contributed by atoms with van der Waals surface area (Å²) in [6.07, 6.45) is 5.09. The van der Waals surface area contributed by atoms with Gasteiger partial charge in [0.2, 0.25) is 5.95 Å². The lowest BCUT2D eigenvalue weighted by atomic mass is 9.80. The van der Waals surface area contributed by atoms with E-state index < -0.39 is 5.56 Å². The summed E-state index contributed by atoms with van der Waals surface area (Å²) < 4.78 is 0. The number of aliphatic imine (C=N–C) groups is 1. The number of carbonyl (C=O) groups is 1. The van der Waals surface area contributed by atoms with Crippen LogP contribution >= 0.6 is 0 Å². The first kappa shape index (κ1) is 15.3. The van der Waals surface area contributed by atoms with Gasteiger partial charge in [-0.2, -0.15) is 4.98 Å². The predicted molar refractivity (Wildman–Crippen MR) is 86.1 cm³/mol. The first-order valence-corrected chi connectivity index (χ1v) is 7.55. The van der Waals surface area contributed by atoms with Crippen LogP contribution in [0.15, 0.2) is 16.0 Å². The predicted octanol–water partition coefficient (Wildman–Crippen LogP) is 0.871. The van der Waals surface area contributed by atoms with Crippen LogP contribution in [0, 0.1) is 11.8 Å². The first-order valence-electron chi connectivity index (χ1n) is 7.55. The summed E-state index contributed by atoms with van der Waals surface area (Å²) in [4.78, 5) is 42.0. The maximum Gasteiger partial charge on any atom is 0.280 e. The minimum Gasteiger partial charge on any atom is -0.369 e. The third-order valence-corrected chi connectivity index (χ3v) is 4.18. The van der Waals surface area contributed by atoms with Gasteiger partial charge >= 0.3 is 0 Å². The molecule has 2 aromatic heterocycles. The first-order chi connectivity index (χ1) is 11.1. The molecule has 0 aromatic carbocycles. The van der Waals surface area contributed by atoms with Crippen LogP contribution in [0.25, 0.3) is 11.2 Å². The summed E-state index contributed by atoms with van der Waals surface area (Å²) in [6.45, 7) is 2.43. The summed E-state index contributed by atoms with van der Waals surface area (Å²) >= 11 is 0. The Bertz CT molecular complexity index is 828. The second kappa shape index (κ2) is 6.23. The van der Waals surface area contributed by atoms with E-state index in [0.717, 1.165) is 31.3 Å². The van der Waals surface area contributed by atoms with E-state index in [1.807, 2.05) is 0 Å². The number of nitrogens with zero attached hydrogens (tertiary/aromatic N) is 4. The largest absolute Gasteiger partial charge is 0.369 e. The Morgan fingerprint density at radius 2 is 2.30 bits per heavy atom. The number of rotatable bonds is 3. The van der Waals surface area contributed by atoms with Crippen LogP contribution in [0.4, 0.5) is 5.95 Å². The van der Waals surface area contributed by atoms with Gasteiger partial charge in [-0.3, -0.25) is 14.8 Å². The minimum absolute atomic E-state index is 0.0192. The SMILES string of the molecule is CC1CC(=NCc2cnc3nc(N)[nH]c(=O)c3n2)CCC1C=O. The molecule has 2 unspecified atom stereocenters. The van der Waals surface area contributed by atoms with E-state index in [4.69, 9.17) is 5.73 Å². The third kappa shape index (κ3) is 3.25. The molecule has 1 saturated carbocycles. The van der Waals surface area contributed by atoms with Crippen molar-refractivity contribution in [1.82, 2.24) is 19.9 Å². The van der Waals surface area contributed by atoms with Gasteiger partial charge < -0.3 is 10.5 Å². The maximum absolute atomic E-state index is 11.8. The average molecular weight is 314 g/mol. The Labute approximate surface area is 132 Å². The van der Waals surface area contributed by atoms with Gasteiger partial charge in [0.05, 0.1) is 18.4 Å². The molecule has 0 bridgehead atoms. The molecule has 1 aliphatic rings. The van der Waals surface area contributed by atoms with Crippen molar-refractivity contribution in [2.45, 2.75) is 32.7 Å². The zero-order valence-corrected chi connectivity index (χ0v) is 12.8. The molecule has 0 aliphatic heterocycles. The van der Waals surface area contributed by atoms with Gasteiger partial charge in [-0.05, 0) is 25.2 Å². The van der Waals surface area contributed by atoms with Crippen LogP contribution in [0.5, 0.6) is 0 Å². The van der Waals surface area contributed by atoms with Crippen LogP contribution in [0.2, 0.25) is 0 Å². The van der Waals surface area contributed by atoms with E-state index >= 15 is 0 Å². The highest BCUT2D eigenvalue weighted by molar-refractivity contribution is 5.86. The molecule has 23 heavy (non-hydrogen) atoms. The maximum atomic E-state index is 11.8. The van der Waals surface area contributed by atoms with Crippen molar-refractivity contribution in [3.8, 4) is 0 Å². The molecule has 2 atom stereocenters. The van der Waals surface area contributed by atoms with Crippen molar-refractivity contribution in [3.63, 3.8) is 0 Å². The van der Waals surface area contributed by atoms with Gasteiger partial charge in [0, 0.05) is 11.6 Å². The number of H-pyrrole nitrogens is 1. The zero-order valence-electron chi connectivity index (χ0n) is 12.8. The number of hydrogen-bond donors (Lipinski definition) is 2. The molecule has 2 heterocycles. The fourth-order valence-corrected chi connectivity index (χ4v) is 2.83. The molecule has 1 fully saturated rings. The molecule has 0 spiro atoms. The highest BCUT2D eigenvalue weighted by Gasteiger charge is 2.24. The van der Waals surface area contributed by atoms with Crippen LogP contribution in [-0.4, -0.2) is 31.9 Å². The molecule has 3 rings (SSSR count). The van der Waals surface area contributed by atoms with E-state index in [1.54, 1.807) is 6.20 Å². The number of fused-ring (bicyclic) bond motifs is 1. The Hall–Kier alpha value is -2.64. The summed E-state index contributed by atoms with van der Waals surface area (Å²) in [5.74, 6) is 0.466. The highest BCUT2D eigenvalue weighted by Crippen LogP contribution is 2.26. The number of aromatic nitrogens is 4. The van der Waals surface area contributed by atoms with E-state index in [1.165, 1.54) is 0 Å². The summed E-state index contributed by atoms with van der Waals surface area (Å²) in [5.41, 5.74) is 7.14. The molecule has 3 N–H and O–H groups in total. The molecule has 0 amide bonds. The molecule has 1 aliphatic carbocycles. The second-order valence-electron chi connectivity index (χ2n) is 5.89. The monoisotopic (exact) mass is 314 g/mol. The Morgan fingerprint density at radius 1 is 1.48 bits per heavy atom. The molecule has 0 saturated heterocycles. The number of carbonyl (C=O) groups excluding carboxylic acids is 1. The normalized spacial score (nSPS) is 23.3. The average Bonchev–Trinajstić information content (AvgIpc) is 2.53. The Balaban J connectivity index is 1.78. The van der Waals surface area contributed by atoms with Crippen molar-refractivity contribution < 1.29 is 4.79 Å². The summed E-state index contributed by atoms with van der Waals surface area (Å²) in [7, 11) is 0. The summed E-state index contributed by atoms with van der Waals surface area (Å²) in [6, 6.07) is 0. The summed E-state index contributed by atoms with van der Waals surface area (Å²) in [5, 5.41) is 0. The van der Waals surface area contributed by atoms with Gasteiger partial charge in [0.25, 0.3) is 5.56 Å². The van der Waals surface area contributed by atoms with Crippen molar-refractivity contribution >= 4 is 29.1 Å². The lowest BCUT2D eigenvalue weighted by Gasteiger charge is -2.25. The van der Waals surface area contributed by atoms with Gasteiger partial charge in [-0.25, -0.2) is 9.97 Å². The van der Waals surface area contributed by atoms with E-state index in [-0.39, 0.29) is 23.0 Å². The number of nitrogens with one attached hydrogen (secondary N) is 1. The van der Waals surface area contributed by atoms with Crippen molar-refractivity contribution in [3.05, 3.63) is 22.2 Å². The molecule has 8 heteroatoms. The van der Waals surface area contributed by atoms with E-state index in [0.29, 0.717) is 18.2 Å². The highest BCUT2D eigenvalue weighted by atomic mass is 16.1. The fourth-order valence-electron chi connectivity index (χ4n) is 2.83. The number of aldehydes is 1. The molecule has 0 radical (unpaired) electrons. The van der Waals surface area contributed by atoms with Crippen LogP contribution in [-0.2, 0) is 11.3 Å². The Kier molecular flexibility index (Phi) is 4.14. The van der Waals surface area contributed by atoms with Crippen LogP contribution < -0.4 is 11.3 Å². The third-order valence-electron chi connectivity index (χ3n) is 4.18. The molecular weight excluding hydrogens is 296 g/mol. The Morgan fingerprint density at radius 3 is 3.04 bits per heavy atom. The molecular formula is C15H18N6O2. The lowest BCUT2D eigenvalue weighted by Crippen LogP contribution is -2.24. The van der Waals surface area contributed by atoms with Gasteiger partial charge in [-0.15, -0.1) is 0 Å². The fraction of sp³-hybridized carbons (Fsp3) is 0.467. The van der Waals surface area contributed by atoms with Gasteiger partial charge in [0.15, 0.2) is 11.2 Å². The van der Waals surface area contributed by atoms with Crippen molar-refractivity contribution in [2.24, 2.45) is 16.8 Å². The van der Waals surface area contributed by atoms with Crippen molar-refractivity contribution in [1.29, 1.82) is 0 Å². The number of nitrogen functional groups attached to an aromatic ring is 1. The number of aromatic amines is 1. The van der Waals surface area contributed by atoms with Crippen molar-refractivity contribution in [2.75, 3.05) is 5.73 Å². The van der Waals surface area contributed by atoms with E-state index in [9.17, 15) is 9.59 Å². The molecule has 8 nitrogen and oxygen atoms in total. The quantitative estimate of drug-likeness (QED) is 0.809. The smallest absolute Gasteiger partial charge is 0.280 e. The standard InChI is InChI=1S/C15H18N6O2/c1-8-4-10(3-2-9(8)7-22)17-5-11-6-18-13-12(19-11)14(23)21-15(16)20-13/h6-9H,2-5H2,1H3,(H3,16,18,20,21,23). The number of hydrogen-bond acceptors (Lipinski definition) is 7. The molecule has 120 valence electrons.